The van der Waals surface area contributed by atoms with E-state index in [1.807, 2.05) is 32.0 Å². The van der Waals surface area contributed by atoms with Gasteiger partial charge in [0.25, 0.3) is 0 Å². The molecule has 22 heavy (non-hydrogen) atoms. The monoisotopic (exact) mass is 313 g/mol. The van der Waals surface area contributed by atoms with Crippen LogP contribution in [0, 0.1) is 13.8 Å². The number of imide groups is 1. The van der Waals surface area contributed by atoms with Gasteiger partial charge in [0, 0.05) is 18.3 Å². The standard InChI is InChI=1S/C16H15N3O2S/c1-10-4-3-5-12(8-10)19-14(20)9-13(15(19)21)22-16-17-7-6-11(2)18-16/h3-8,13H,9H2,1-2H3/t13-/m1/s1. The average molecular weight is 313 g/mol. The third-order valence-electron chi connectivity index (χ3n) is 3.39. The van der Waals surface area contributed by atoms with Crippen molar-refractivity contribution in [3.8, 4) is 0 Å². The molecule has 1 aromatic heterocycles. The second-order valence-electron chi connectivity index (χ2n) is 5.20. The fraction of sp³-hybridized carbons (Fsp3) is 0.250. The van der Waals surface area contributed by atoms with Gasteiger partial charge >= 0.3 is 0 Å². The highest BCUT2D eigenvalue weighted by molar-refractivity contribution is 8.00. The molecule has 2 heterocycles. The Morgan fingerprint density at radius 1 is 1.23 bits per heavy atom. The number of hydrogen-bond acceptors (Lipinski definition) is 5. The number of anilines is 1. The fourth-order valence-corrected chi connectivity index (χ4v) is 3.35. The number of aryl methyl sites for hydroxylation is 2. The molecule has 1 aliphatic rings. The second kappa shape index (κ2) is 5.88. The number of carbonyl (C=O) groups is 2. The molecule has 2 amide bonds. The molecule has 3 rings (SSSR count). The number of carbonyl (C=O) groups excluding carboxylic acids is 2. The Bertz CT molecular complexity index is 748. The summed E-state index contributed by atoms with van der Waals surface area (Å²) in [6, 6.07) is 9.19. The number of nitrogens with zero attached hydrogens (tertiary/aromatic N) is 3. The van der Waals surface area contributed by atoms with Gasteiger partial charge in [-0.2, -0.15) is 0 Å². The number of rotatable bonds is 3. The van der Waals surface area contributed by atoms with Gasteiger partial charge in [-0.15, -0.1) is 0 Å². The third-order valence-corrected chi connectivity index (χ3v) is 4.45. The highest BCUT2D eigenvalue weighted by Gasteiger charge is 2.40. The molecule has 2 aromatic rings. The quantitative estimate of drug-likeness (QED) is 0.643. The van der Waals surface area contributed by atoms with E-state index in [1.54, 1.807) is 18.3 Å². The van der Waals surface area contributed by atoms with Crippen LogP contribution in [0.15, 0.2) is 41.7 Å². The van der Waals surface area contributed by atoms with Gasteiger partial charge in [-0.1, -0.05) is 23.9 Å². The van der Waals surface area contributed by atoms with E-state index >= 15 is 0 Å². The maximum Gasteiger partial charge on any atom is 0.247 e. The van der Waals surface area contributed by atoms with Crippen LogP contribution in [0.1, 0.15) is 17.7 Å². The molecule has 0 bridgehead atoms. The van der Waals surface area contributed by atoms with Gasteiger partial charge in [-0.25, -0.2) is 14.9 Å². The zero-order valence-electron chi connectivity index (χ0n) is 12.3. The van der Waals surface area contributed by atoms with Gasteiger partial charge in [-0.05, 0) is 37.6 Å². The van der Waals surface area contributed by atoms with E-state index < -0.39 is 5.25 Å². The first-order valence-electron chi connectivity index (χ1n) is 6.94. The molecule has 0 unspecified atom stereocenters. The van der Waals surface area contributed by atoms with Crippen LogP contribution < -0.4 is 4.90 Å². The largest absolute Gasteiger partial charge is 0.274 e. The molecule has 0 aliphatic carbocycles. The van der Waals surface area contributed by atoms with Crippen molar-refractivity contribution in [3.63, 3.8) is 0 Å². The first kappa shape index (κ1) is 14.7. The van der Waals surface area contributed by atoms with Crippen LogP contribution in [-0.4, -0.2) is 27.0 Å². The molecule has 112 valence electrons. The Kier molecular flexibility index (Phi) is 3.94. The average Bonchev–Trinajstić information content (AvgIpc) is 2.73. The Labute approximate surface area is 132 Å². The van der Waals surface area contributed by atoms with E-state index in [1.165, 1.54) is 16.7 Å². The van der Waals surface area contributed by atoms with Crippen LogP contribution in [0.2, 0.25) is 0 Å². The molecule has 6 heteroatoms. The van der Waals surface area contributed by atoms with Crippen molar-refractivity contribution in [1.29, 1.82) is 0 Å². The van der Waals surface area contributed by atoms with Crippen LogP contribution in [0.3, 0.4) is 0 Å². The van der Waals surface area contributed by atoms with Crippen molar-refractivity contribution >= 4 is 29.3 Å². The number of benzene rings is 1. The zero-order chi connectivity index (χ0) is 15.7. The van der Waals surface area contributed by atoms with Gasteiger partial charge in [0.15, 0.2) is 5.16 Å². The van der Waals surface area contributed by atoms with Gasteiger partial charge in [0.05, 0.1) is 5.69 Å². The van der Waals surface area contributed by atoms with E-state index in [4.69, 9.17) is 0 Å². The summed E-state index contributed by atoms with van der Waals surface area (Å²) in [6.45, 7) is 3.80. The molecular weight excluding hydrogens is 298 g/mol. The highest BCUT2D eigenvalue weighted by Crippen LogP contribution is 2.32. The molecule has 0 saturated carbocycles. The van der Waals surface area contributed by atoms with Crippen molar-refractivity contribution in [1.82, 2.24) is 9.97 Å². The van der Waals surface area contributed by atoms with Gasteiger partial charge in [0.2, 0.25) is 11.8 Å². The van der Waals surface area contributed by atoms with Gasteiger partial charge in [0.1, 0.15) is 5.25 Å². The lowest BCUT2D eigenvalue weighted by molar-refractivity contribution is -0.121. The highest BCUT2D eigenvalue weighted by atomic mass is 32.2. The van der Waals surface area contributed by atoms with Crippen molar-refractivity contribution in [3.05, 3.63) is 47.8 Å². The van der Waals surface area contributed by atoms with Crippen LogP contribution >= 0.6 is 11.8 Å². The van der Waals surface area contributed by atoms with Crippen molar-refractivity contribution in [2.24, 2.45) is 0 Å². The maximum atomic E-state index is 12.5. The lowest BCUT2D eigenvalue weighted by Crippen LogP contribution is -2.31. The normalized spacial score (nSPS) is 18.1. The first-order chi connectivity index (χ1) is 10.5. The summed E-state index contributed by atoms with van der Waals surface area (Å²) in [4.78, 5) is 34.4. The molecular formula is C16H15N3O2S. The summed E-state index contributed by atoms with van der Waals surface area (Å²) in [5.74, 6) is -0.383. The SMILES string of the molecule is Cc1cccc(N2C(=O)C[C@@H](Sc3nccc(C)n3)C2=O)c1. The van der Waals surface area contributed by atoms with E-state index in [2.05, 4.69) is 9.97 Å². The number of aromatic nitrogens is 2. The van der Waals surface area contributed by atoms with Crippen molar-refractivity contribution in [2.45, 2.75) is 30.7 Å². The van der Waals surface area contributed by atoms with Crippen molar-refractivity contribution in [2.75, 3.05) is 4.90 Å². The Hall–Kier alpha value is -2.21. The number of amides is 2. The summed E-state index contributed by atoms with van der Waals surface area (Å²) in [6.07, 6.45) is 1.83. The predicted octanol–water partition coefficient (Wildman–Crippen LogP) is 2.52. The van der Waals surface area contributed by atoms with Gasteiger partial charge < -0.3 is 0 Å². The molecule has 1 aromatic carbocycles. The Morgan fingerprint density at radius 3 is 2.77 bits per heavy atom. The number of hydrogen-bond donors (Lipinski definition) is 0. The summed E-state index contributed by atoms with van der Waals surface area (Å²) in [5.41, 5.74) is 2.48. The molecule has 5 nitrogen and oxygen atoms in total. The minimum Gasteiger partial charge on any atom is -0.274 e. The molecule has 0 radical (unpaired) electrons. The molecule has 1 fully saturated rings. The van der Waals surface area contributed by atoms with E-state index in [0.717, 1.165) is 11.3 Å². The summed E-state index contributed by atoms with van der Waals surface area (Å²) in [5, 5.41) is 0.0621. The fourth-order valence-electron chi connectivity index (χ4n) is 2.34. The molecule has 1 aliphatic heterocycles. The summed E-state index contributed by atoms with van der Waals surface area (Å²) in [7, 11) is 0. The molecule has 0 N–H and O–H groups in total. The predicted molar refractivity (Wildman–Crippen MR) is 84.7 cm³/mol. The third kappa shape index (κ3) is 2.87. The van der Waals surface area contributed by atoms with E-state index in [0.29, 0.717) is 10.8 Å². The summed E-state index contributed by atoms with van der Waals surface area (Å²) >= 11 is 1.25. The van der Waals surface area contributed by atoms with E-state index in [9.17, 15) is 9.59 Å². The van der Waals surface area contributed by atoms with E-state index in [-0.39, 0.29) is 18.2 Å². The van der Waals surface area contributed by atoms with Crippen LogP contribution in [0.25, 0.3) is 0 Å². The molecule has 1 saturated heterocycles. The smallest absolute Gasteiger partial charge is 0.247 e. The Morgan fingerprint density at radius 2 is 2.05 bits per heavy atom. The van der Waals surface area contributed by atoms with Gasteiger partial charge in [-0.3, -0.25) is 9.59 Å². The Balaban J connectivity index is 1.82. The molecule has 1 atom stereocenters. The van der Waals surface area contributed by atoms with Crippen LogP contribution in [0.5, 0.6) is 0 Å². The second-order valence-corrected chi connectivity index (χ2v) is 6.37. The topological polar surface area (TPSA) is 63.2 Å². The lowest BCUT2D eigenvalue weighted by atomic mass is 10.2. The minimum atomic E-state index is -0.463. The van der Waals surface area contributed by atoms with Crippen LogP contribution in [0.4, 0.5) is 5.69 Å². The zero-order valence-corrected chi connectivity index (χ0v) is 13.1. The maximum absolute atomic E-state index is 12.5. The summed E-state index contributed by atoms with van der Waals surface area (Å²) < 4.78 is 0. The minimum absolute atomic E-state index is 0.175. The van der Waals surface area contributed by atoms with Crippen molar-refractivity contribution < 1.29 is 9.59 Å². The van der Waals surface area contributed by atoms with Crippen LogP contribution in [-0.2, 0) is 9.59 Å². The first-order valence-corrected chi connectivity index (χ1v) is 7.82. The number of thioether (sulfide) groups is 1. The lowest BCUT2D eigenvalue weighted by Gasteiger charge is -2.15. The molecule has 0 spiro atoms.